The Bertz CT molecular complexity index is 1600. The van der Waals surface area contributed by atoms with Crippen LogP contribution >= 0.6 is 22.9 Å². The van der Waals surface area contributed by atoms with E-state index in [1.807, 2.05) is 37.3 Å². The van der Waals surface area contributed by atoms with Crippen molar-refractivity contribution >= 4 is 33.2 Å². The van der Waals surface area contributed by atoms with Gasteiger partial charge in [-0.3, -0.25) is 13.9 Å². The summed E-state index contributed by atoms with van der Waals surface area (Å²) in [4.78, 5) is 31.0. The quantitative estimate of drug-likeness (QED) is 0.332. The van der Waals surface area contributed by atoms with Gasteiger partial charge in [0, 0.05) is 5.02 Å². The molecule has 0 spiro atoms. The molecule has 0 radical (unpaired) electrons. The molecule has 5 rings (SSSR count). The predicted octanol–water partition coefficient (Wildman–Crippen LogP) is 4.42. The Morgan fingerprint density at radius 3 is 2.65 bits per heavy atom. The number of fused-ring (bicyclic) bond motifs is 1. The first kappa shape index (κ1) is 22.1. The van der Waals surface area contributed by atoms with E-state index in [0.717, 1.165) is 0 Å². The van der Waals surface area contributed by atoms with Crippen molar-refractivity contribution in [3.05, 3.63) is 97.3 Å². The maximum Gasteiger partial charge on any atom is 0.332 e. The highest BCUT2D eigenvalue weighted by Gasteiger charge is 2.19. The van der Waals surface area contributed by atoms with E-state index in [1.165, 1.54) is 20.5 Å². The Kier molecular flexibility index (Phi) is 6.04. The summed E-state index contributed by atoms with van der Waals surface area (Å²) in [7, 11) is 0. The highest BCUT2D eigenvalue weighted by atomic mass is 35.5. The molecule has 34 heavy (non-hydrogen) atoms. The first-order valence-corrected chi connectivity index (χ1v) is 11.8. The third-order valence-corrected chi connectivity index (χ3v) is 6.57. The van der Waals surface area contributed by atoms with Crippen molar-refractivity contribution in [3.8, 4) is 17.1 Å². The molecule has 0 aliphatic heterocycles. The second kappa shape index (κ2) is 9.28. The molecule has 2 aromatic carbocycles. The monoisotopic (exact) mass is 494 g/mol. The fraction of sp³-hybridized carbons (Fsp3) is 0.167. The Morgan fingerprint density at radius 1 is 1.03 bits per heavy atom. The van der Waals surface area contributed by atoms with E-state index in [9.17, 15) is 9.59 Å². The van der Waals surface area contributed by atoms with Crippen molar-refractivity contribution < 1.29 is 9.26 Å². The standard InChI is InChI=1S/C24H19ClN4O4S/c1-2-32-19-10-6-4-8-16(19)22-26-20(33-27-22)14-28-18-11-12-34-21(18)23(30)29(24(28)31)13-15-7-3-5-9-17(15)25/h3-12H,2,13-14H2,1H3. The fourth-order valence-electron chi connectivity index (χ4n) is 3.72. The van der Waals surface area contributed by atoms with Crippen LogP contribution in [0, 0.1) is 0 Å². The van der Waals surface area contributed by atoms with E-state index in [-0.39, 0.29) is 24.5 Å². The molecule has 0 aliphatic carbocycles. The molecule has 0 saturated heterocycles. The van der Waals surface area contributed by atoms with Gasteiger partial charge in [0.25, 0.3) is 5.56 Å². The summed E-state index contributed by atoms with van der Waals surface area (Å²) in [5.74, 6) is 1.24. The molecule has 8 nitrogen and oxygen atoms in total. The third-order valence-electron chi connectivity index (χ3n) is 5.31. The Labute approximate surface area is 202 Å². The van der Waals surface area contributed by atoms with E-state index >= 15 is 0 Å². The summed E-state index contributed by atoms with van der Waals surface area (Å²) in [5.41, 5.74) is 1.05. The molecule has 10 heteroatoms. The second-order valence-electron chi connectivity index (χ2n) is 7.43. The van der Waals surface area contributed by atoms with Crippen LogP contribution in [0.5, 0.6) is 5.75 Å². The SMILES string of the molecule is CCOc1ccccc1-c1noc(Cn2c(=O)n(Cc3ccccc3Cl)c(=O)c3sccc32)n1. The number of aromatic nitrogens is 4. The van der Waals surface area contributed by atoms with Crippen LogP contribution in [-0.2, 0) is 13.1 Å². The van der Waals surface area contributed by atoms with Gasteiger partial charge in [-0.25, -0.2) is 4.79 Å². The van der Waals surface area contributed by atoms with Crippen molar-refractivity contribution in [1.82, 2.24) is 19.3 Å². The van der Waals surface area contributed by atoms with Crippen molar-refractivity contribution in [1.29, 1.82) is 0 Å². The van der Waals surface area contributed by atoms with E-state index in [1.54, 1.807) is 29.6 Å². The maximum atomic E-state index is 13.4. The number of para-hydroxylation sites is 1. The van der Waals surface area contributed by atoms with E-state index in [0.29, 0.717) is 44.5 Å². The normalized spacial score (nSPS) is 11.2. The van der Waals surface area contributed by atoms with Crippen LogP contribution in [0.15, 0.2) is 74.1 Å². The highest BCUT2D eigenvalue weighted by molar-refractivity contribution is 7.17. The molecule has 0 atom stereocenters. The Balaban J connectivity index is 1.56. The summed E-state index contributed by atoms with van der Waals surface area (Å²) in [5, 5.41) is 6.34. The molecule has 5 aromatic rings. The first-order valence-electron chi connectivity index (χ1n) is 10.6. The zero-order valence-corrected chi connectivity index (χ0v) is 19.7. The summed E-state index contributed by atoms with van der Waals surface area (Å²) in [6, 6.07) is 16.3. The minimum absolute atomic E-state index is 0.0126. The van der Waals surface area contributed by atoms with Crippen molar-refractivity contribution in [2.45, 2.75) is 20.0 Å². The lowest BCUT2D eigenvalue weighted by Crippen LogP contribution is -2.40. The molecule has 0 N–H and O–H groups in total. The zero-order chi connectivity index (χ0) is 23.7. The van der Waals surface area contributed by atoms with Crippen molar-refractivity contribution in [3.63, 3.8) is 0 Å². The summed E-state index contributed by atoms with van der Waals surface area (Å²) in [6.07, 6.45) is 0. The third kappa shape index (κ3) is 4.04. The van der Waals surface area contributed by atoms with Gasteiger partial charge in [-0.1, -0.05) is 47.1 Å². The molecule has 0 unspecified atom stereocenters. The summed E-state index contributed by atoms with van der Waals surface area (Å²) >= 11 is 7.55. The van der Waals surface area contributed by atoms with Crippen LogP contribution in [0.2, 0.25) is 5.02 Å². The molecular formula is C24H19ClN4O4S. The highest BCUT2D eigenvalue weighted by Crippen LogP contribution is 2.28. The number of hydrogen-bond donors (Lipinski definition) is 0. The van der Waals surface area contributed by atoms with Gasteiger partial charge in [0.1, 0.15) is 17.0 Å². The smallest absolute Gasteiger partial charge is 0.332 e. The number of hydrogen-bond acceptors (Lipinski definition) is 7. The summed E-state index contributed by atoms with van der Waals surface area (Å²) < 4.78 is 14.2. The van der Waals surface area contributed by atoms with Gasteiger partial charge in [0.05, 0.1) is 24.2 Å². The van der Waals surface area contributed by atoms with Crippen LogP contribution in [0.1, 0.15) is 18.4 Å². The molecule has 0 amide bonds. The number of nitrogens with zero attached hydrogens (tertiary/aromatic N) is 4. The molecule has 172 valence electrons. The molecule has 0 fully saturated rings. The average Bonchev–Trinajstić information content (AvgIpc) is 3.51. The first-order chi connectivity index (χ1) is 16.6. The summed E-state index contributed by atoms with van der Waals surface area (Å²) in [6.45, 7) is 2.47. The second-order valence-corrected chi connectivity index (χ2v) is 8.75. The Morgan fingerprint density at radius 2 is 1.82 bits per heavy atom. The van der Waals surface area contributed by atoms with Gasteiger partial charge in [-0.05, 0) is 42.1 Å². The average molecular weight is 495 g/mol. The lowest BCUT2D eigenvalue weighted by Gasteiger charge is -2.11. The molecule has 0 aliphatic rings. The van der Waals surface area contributed by atoms with Crippen molar-refractivity contribution in [2.75, 3.05) is 6.61 Å². The lowest BCUT2D eigenvalue weighted by molar-refractivity contribution is 0.340. The van der Waals surface area contributed by atoms with Gasteiger partial charge in [-0.15, -0.1) is 11.3 Å². The number of benzene rings is 2. The minimum Gasteiger partial charge on any atom is -0.493 e. The van der Waals surface area contributed by atoms with Crippen LogP contribution in [0.3, 0.4) is 0 Å². The fourth-order valence-corrected chi connectivity index (χ4v) is 4.76. The van der Waals surface area contributed by atoms with E-state index < -0.39 is 5.69 Å². The topological polar surface area (TPSA) is 92.2 Å². The predicted molar refractivity (Wildman–Crippen MR) is 131 cm³/mol. The molecular weight excluding hydrogens is 476 g/mol. The van der Waals surface area contributed by atoms with Gasteiger partial charge in [-0.2, -0.15) is 4.98 Å². The van der Waals surface area contributed by atoms with Crippen molar-refractivity contribution in [2.24, 2.45) is 0 Å². The van der Waals surface area contributed by atoms with E-state index in [4.69, 9.17) is 20.9 Å². The maximum absolute atomic E-state index is 13.4. The van der Waals surface area contributed by atoms with Crippen LogP contribution in [-0.4, -0.2) is 25.9 Å². The molecule has 0 bridgehead atoms. The minimum atomic E-state index is -0.481. The number of thiophene rings is 1. The number of halogens is 1. The van der Waals surface area contributed by atoms with Gasteiger partial charge >= 0.3 is 5.69 Å². The van der Waals surface area contributed by atoms with Crippen LogP contribution in [0.25, 0.3) is 21.6 Å². The zero-order valence-electron chi connectivity index (χ0n) is 18.1. The number of rotatable bonds is 7. The van der Waals surface area contributed by atoms with Gasteiger partial charge in [0.15, 0.2) is 0 Å². The Hall–Kier alpha value is -3.69. The molecule has 3 aromatic heterocycles. The largest absolute Gasteiger partial charge is 0.493 e. The molecule has 0 saturated carbocycles. The lowest BCUT2D eigenvalue weighted by atomic mass is 10.2. The van der Waals surface area contributed by atoms with Crippen LogP contribution < -0.4 is 16.0 Å². The van der Waals surface area contributed by atoms with E-state index in [2.05, 4.69) is 10.1 Å². The number of ether oxygens (including phenoxy) is 1. The van der Waals surface area contributed by atoms with Gasteiger partial charge < -0.3 is 9.26 Å². The molecule has 3 heterocycles. The van der Waals surface area contributed by atoms with Crippen LogP contribution in [0.4, 0.5) is 0 Å². The van der Waals surface area contributed by atoms with Gasteiger partial charge in [0.2, 0.25) is 11.7 Å².